The van der Waals surface area contributed by atoms with E-state index in [1.807, 2.05) is 35.0 Å². The lowest BCUT2D eigenvalue weighted by Crippen LogP contribution is -2.38. The number of amides is 1. The lowest BCUT2D eigenvalue weighted by Gasteiger charge is -2.22. The van der Waals surface area contributed by atoms with Gasteiger partial charge in [-0.2, -0.15) is 0 Å². The highest BCUT2D eigenvalue weighted by atomic mass is 32.1. The minimum atomic E-state index is -0.383. The lowest BCUT2D eigenvalue weighted by molar-refractivity contribution is -0.133. The summed E-state index contributed by atoms with van der Waals surface area (Å²) in [6.07, 6.45) is 0. The smallest absolute Gasteiger partial charge is 0.273 e. The molecule has 1 aromatic carbocycles. The number of hydrogen-bond acceptors (Lipinski definition) is 5. The Bertz CT molecular complexity index is 1170. The Labute approximate surface area is 168 Å². The number of carbonyl (C=O) groups excluding carboxylic acids is 1. The van der Waals surface area contributed by atoms with Crippen molar-refractivity contribution >= 4 is 39.4 Å². The standard InChI is InChI=1S/C20H17N3O3S2/c24-18(13-23-20(26)17-8-2-1-7-16(17)19(25)21-23)22(11-14-5-3-9-27-14)12-15-6-4-10-28-15/h1-10H,11-13H2,(H,21,25). The van der Waals surface area contributed by atoms with E-state index >= 15 is 0 Å². The number of fused-ring (bicyclic) bond motifs is 1. The van der Waals surface area contributed by atoms with Crippen LogP contribution < -0.4 is 11.1 Å². The number of H-pyrrole nitrogens is 1. The summed E-state index contributed by atoms with van der Waals surface area (Å²) in [6, 6.07) is 14.4. The van der Waals surface area contributed by atoms with Crippen LogP contribution in [0.5, 0.6) is 0 Å². The third-order valence-corrected chi connectivity index (χ3v) is 6.11. The second-order valence-electron chi connectivity index (χ2n) is 6.29. The zero-order chi connectivity index (χ0) is 19.5. The number of aromatic nitrogens is 2. The van der Waals surface area contributed by atoms with E-state index in [0.717, 1.165) is 14.4 Å². The fourth-order valence-corrected chi connectivity index (χ4v) is 4.45. The van der Waals surface area contributed by atoms with Gasteiger partial charge in [-0.25, -0.2) is 4.68 Å². The maximum absolute atomic E-state index is 13.0. The largest absolute Gasteiger partial charge is 0.331 e. The number of hydrogen-bond donors (Lipinski definition) is 1. The van der Waals surface area contributed by atoms with Crippen LogP contribution in [0.15, 0.2) is 68.9 Å². The molecule has 0 spiro atoms. The second kappa shape index (κ2) is 7.95. The average molecular weight is 412 g/mol. The summed E-state index contributed by atoms with van der Waals surface area (Å²) in [5.41, 5.74) is -0.762. The van der Waals surface area contributed by atoms with Crippen molar-refractivity contribution in [2.75, 3.05) is 0 Å². The van der Waals surface area contributed by atoms with Crippen LogP contribution >= 0.6 is 22.7 Å². The van der Waals surface area contributed by atoms with Gasteiger partial charge >= 0.3 is 0 Å². The molecule has 6 nitrogen and oxygen atoms in total. The summed E-state index contributed by atoms with van der Waals surface area (Å²) in [5.74, 6) is -0.227. The number of thiophene rings is 2. The van der Waals surface area contributed by atoms with Crippen LogP contribution in [0, 0.1) is 0 Å². The maximum atomic E-state index is 13.0. The first kappa shape index (κ1) is 18.4. The highest BCUT2D eigenvalue weighted by Crippen LogP contribution is 2.17. The van der Waals surface area contributed by atoms with E-state index < -0.39 is 0 Å². The summed E-state index contributed by atoms with van der Waals surface area (Å²) in [7, 11) is 0. The molecule has 0 atom stereocenters. The van der Waals surface area contributed by atoms with E-state index in [0.29, 0.717) is 23.9 Å². The van der Waals surface area contributed by atoms with Crippen molar-refractivity contribution in [2.24, 2.45) is 0 Å². The number of benzene rings is 1. The quantitative estimate of drug-likeness (QED) is 0.530. The molecule has 4 rings (SSSR count). The third kappa shape index (κ3) is 3.83. The van der Waals surface area contributed by atoms with Crippen LogP contribution in [-0.2, 0) is 24.4 Å². The molecule has 8 heteroatoms. The normalized spacial score (nSPS) is 11.0. The van der Waals surface area contributed by atoms with Gasteiger partial charge in [0.15, 0.2) is 0 Å². The first-order chi connectivity index (χ1) is 13.6. The Morgan fingerprint density at radius 1 is 0.893 bits per heavy atom. The maximum Gasteiger partial charge on any atom is 0.273 e. The number of nitrogens with zero attached hydrogens (tertiary/aromatic N) is 2. The highest BCUT2D eigenvalue weighted by Gasteiger charge is 2.18. The molecule has 0 radical (unpaired) electrons. The molecule has 0 fully saturated rings. The highest BCUT2D eigenvalue weighted by molar-refractivity contribution is 7.10. The first-order valence-corrected chi connectivity index (χ1v) is 10.4. The van der Waals surface area contributed by atoms with Crippen LogP contribution in [0.3, 0.4) is 0 Å². The van der Waals surface area contributed by atoms with Crippen molar-refractivity contribution in [3.05, 3.63) is 89.8 Å². The second-order valence-corrected chi connectivity index (χ2v) is 8.35. The molecule has 1 amide bonds. The molecule has 0 bridgehead atoms. The summed E-state index contributed by atoms with van der Waals surface area (Å²) in [5, 5.41) is 7.09. The first-order valence-electron chi connectivity index (χ1n) is 8.66. The topological polar surface area (TPSA) is 75.2 Å². The van der Waals surface area contributed by atoms with E-state index in [2.05, 4.69) is 5.10 Å². The molecule has 0 aliphatic heterocycles. The van der Waals surface area contributed by atoms with Gasteiger partial charge in [0.05, 0.1) is 23.9 Å². The zero-order valence-corrected chi connectivity index (χ0v) is 16.5. The van der Waals surface area contributed by atoms with Gasteiger partial charge in [0.25, 0.3) is 11.1 Å². The molecular formula is C20H17N3O3S2. The van der Waals surface area contributed by atoms with Gasteiger partial charge in [0, 0.05) is 9.75 Å². The molecule has 0 saturated heterocycles. The molecule has 142 valence electrons. The van der Waals surface area contributed by atoms with E-state index in [-0.39, 0.29) is 23.6 Å². The van der Waals surface area contributed by atoms with E-state index in [9.17, 15) is 14.4 Å². The van der Waals surface area contributed by atoms with Crippen molar-refractivity contribution in [3.63, 3.8) is 0 Å². The van der Waals surface area contributed by atoms with Gasteiger partial charge in [0.1, 0.15) is 6.54 Å². The van der Waals surface area contributed by atoms with Crippen molar-refractivity contribution < 1.29 is 4.79 Å². The molecule has 0 saturated carbocycles. The zero-order valence-electron chi connectivity index (χ0n) is 14.8. The SMILES string of the molecule is O=C(Cn1[nH]c(=O)c2ccccc2c1=O)N(Cc1cccs1)Cc1cccs1. The lowest BCUT2D eigenvalue weighted by atomic mass is 10.2. The Morgan fingerprint density at radius 3 is 2.07 bits per heavy atom. The fourth-order valence-electron chi connectivity index (χ4n) is 3.01. The average Bonchev–Trinajstić information content (AvgIpc) is 3.39. The van der Waals surface area contributed by atoms with Crippen molar-refractivity contribution in [2.45, 2.75) is 19.6 Å². The van der Waals surface area contributed by atoms with Gasteiger partial charge in [-0.15, -0.1) is 22.7 Å². The fraction of sp³-hybridized carbons (Fsp3) is 0.150. The van der Waals surface area contributed by atoms with Gasteiger partial charge in [0.2, 0.25) is 5.91 Å². The monoisotopic (exact) mass is 411 g/mol. The molecule has 0 aliphatic carbocycles. The number of aromatic amines is 1. The van der Waals surface area contributed by atoms with Crippen molar-refractivity contribution in [1.29, 1.82) is 0 Å². The molecule has 1 N–H and O–H groups in total. The summed E-state index contributed by atoms with van der Waals surface area (Å²) >= 11 is 3.16. The predicted octanol–water partition coefficient (Wildman–Crippen LogP) is 3.04. The van der Waals surface area contributed by atoms with Gasteiger partial charge in [-0.05, 0) is 35.0 Å². The Hall–Kier alpha value is -2.97. The van der Waals surface area contributed by atoms with E-state index in [4.69, 9.17) is 0 Å². The third-order valence-electron chi connectivity index (χ3n) is 4.38. The molecular weight excluding hydrogens is 394 g/mol. The summed E-state index contributed by atoms with van der Waals surface area (Å²) in [6.45, 7) is 0.706. The summed E-state index contributed by atoms with van der Waals surface area (Å²) < 4.78 is 1.10. The van der Waals surface area contributed by atoms with E-state index in [1.54, 1.807) is 51.8 Å². The molecule has 0 aliphatic rings. The number of rotatable bonds is 6. The molecule has 0 unspecified atom stereocenters. The molecule has 4 aromatic rings. The van der Waals surface area contributed by atoms with Crippen molar-refractivity contribution in [3.8, 4) is 0 Å². The number of carbonyl (C=O) groups is 1. The van der Waals surface area contributed by atoms with Gasteiger partial charge in [-0.3, -0.25) is 19.5 Å². The molecule has 28 heavy (non-hydrogen) atoms. The Kier molecular flexibility index (Phi) is 5.23. The number of nitrogens with one attached hydrogen (secondary N) is 1. The minimum Gasteiger partial charge on any atom is -0.331 e. The van der Waals surface area contributed by atoms with Crippen LogP contribution in [0.1, 0.15) is 9.75 Å². The van der Waals surface area contributed by atoms with Crippen LogP contribution in [0.25, 0.3) is 10.8 Å². The van der Waals surface area contributed by atoms with Crippen LogP contribution in [0.2, 0.25) is 0 Å². The summed E-state index contributed by atoms with van der Waals surface area (Å²) in [4.78, 5) is 41.8. The molecule has 3 heterocycles. The van der Waals surface area contributed by atoms with Crippen LogP contribution in [0.4, 0.5) is 0 Å². The van der Waals surface area contributed by atoms with Gasteiger partial charge in [-0.1, -0.05) is 24.3 Å². The van der Waals surface area contributed by atoms with Gasteiger partial charge < -0.3 is 4.90 Å². The Morgan fingerprint density at radius 2 is 1.50 bits per heavy atom. The van der Waals surface area contributed by atoms with E-state index in [1.165, 1.54) is 0 Å². The molecule has 3 aromatic heterocycles. The Balaban J connectivity index is 1.64. The minimum absolute atomic E-state index is 0.213. The van der Waals surface area contributed by atoms with Crippen LogP contribution in [-0.4, -0.2) is 20.6 Å². The van der Waals surface area contributed by atoms with Crippen molar-refractivity contribution in [1.82, 2.24) is 14.7 Å². The predicted molar refractivity (Wildman–Crippen MR) is 112 cm³/mol.